The molecule has 1 aromatic rings. The number of amides is 1. The average molecular weight is 299 g/mol. The van der Waals surface area contributed by atoms with Gasteiger partial charge >= 0.3 is 5.97 Å². The zero-order chi connectivity index (χ0) is 14.3. The average Bonchev–Trinajstić information content (AvgIpc) is 2.38. The smallest absolute Gasteiger partial charge is 0.330 e. The van der Waals surface area contributed by atoms with Crippen molar-refractivity contribution in [3.63, 3.8) is 0 Å². The number of hydrogen-bond acceptors (Lipinski definition) is 3. The summed E-state index contributed by atoms with van der Waals surface area (Å²) in [6.07, 6.45) is 3.03. The highest BCUT2D eigenvalue weighted by Gasteiger charge is 2.10. The van der Waals surface area contributed by atoms with E-state index in [0.717, 1.165) is 5.56 Å². The Bertz CT molecular complexity index is 470. The second-order valence-electron chi connectivity index (χ2n) is 4.10. The maximum Gasteiger partial charge on any atom is 0.330 e. The van der Waals surface area contributed by atoms with E-state index in [1.165, 1.54) is 6.08 Å². The third kappa shape index (κ3) is 6.36. The van der Waals surface area contributed by atoms with Crippen molar-refractivity contribution in [2.45, 2.75) is 19.9 Å². The number of benzene rings is 1. The molecule has 1 amide bonds. The molecule has 6 heteroatoms. The Balaban J connectivity index is 0.00000361. The van der Waals surface area contributed by atoms with E-state index in [2.05, 4.69) is 11.1 Å². The van der Waals surface area contributed by atoms with Gasteiger partial charge in [0.2, 0.25) is 0 Å². The minimum Gasteiger partial charge on any atom is -1.00 e. The van der Waals surface area contributed by atoms with Gasteiger partial charge in [-0.15, -0.1) is 0 Å². The summed E-state index contributed by atoms with van der Waals surface area (Å²) in [5.41, 5.74) is 5.20. The minimum atomic E-state index is -0.370. The molecule has 1 atom stereocenters. The van der Waals surface area contributed by atoms with Crippen LogP contribution in [0.5, 0.6) is 0 Å². The Morgan fingerprint density at radius 1 is 1.35 bits per heavy atom. The molecule has 110 valence electrons. The van der Waals surface area contributed by atoms with Gasteiger partial charge in [0.1, 0.15) is 0 Å². The lowest BCUT2D eigenvalue weighted by Crippen LogP contribution is -3.00. The van der Waals surface area contributed by atoms with E-state index in [4.69, 9.17) is 4.74 Å². The first kappa shape index (κ1) is 18.1. The molecule has 20 heavy (non-hydrogen) atoms. The number of ether oxygens (including phenoxy) is 1. The molecule has 0 fully saturated rings. The third-order valence-electron chi connectivity index (χ3n) is 2.32. The summed E-state index contributed by atoms with van der Waals surface area (Å²) in [5, 5.41) is 2.74. The van der Waals surface area contributed by atoms with Crippen molar-refractivity contribution in [1.29, 1.82) is 0 Å². The number of quaternary nitrogens is 1. The van der Waals surface area contributed by atoms with Crippen LogP contribution in [0.4, 0.5) is 5.69 Å². The van der Waals surface area contributed by atoms with E-state index in [0.29, 0.717) is 12.3 Å². The predicted molar refractivity (Wildman–Crippen MR) is 73.1 cm³/mol. The van der Waals surface area contributed by atoms with Crippen LogP contribution in [0.15, 0.2) is 30.3 Å². The van der Waals surface area contributed by atoms with Crippen LogP contribution in [0.3, 0.4) is 0 Å². The highest BCUT2D eigenvalue weighted by Crippen LogP contribution is 2.11. The highest BCUT2D eigenvalue weighted by molar-refractivity contribution is 5.93. The Hall–Kier alpha value is -1.85. The van der Waals surface area contributed by atoms with Crippen LogP contribution in [-0.4, -0.2) is 24.5 Å². The second kappa shape index (κ2) is 9.12. The lowest BCUT2D eigenvalue weighted by molar-refractivity contribution is -0.396. The fourth-order valence-electron chi connectivity index (χ4n) is 1.30. The Morgan fingerprint density at radius 2 is 1.95 bits per heavy atom. The summed E-state index contributed by atoms with van der Waals surface area (Å²) >= 11 is 0. The summed E-state index contributed by atoms with van der Waals surface area (Å²) in [5.74, 6) is -0.499. The summed E-state index contributed by atoms with van der Waals surface area (Å²) in [6, 6.07) is 6.84. The summed E-state index contributed by atoms with van der Waals surface area (Å²) in [4.78, 5) is 22.6. The van der Waals surface area contributed by atoms with Crippen molar-refractivity contribution in [2.75, 3.05) is 11.9 Å². The van der Waals surface area contributed by atoms with Gasteiger partial charge < -0.3 is 28.2 Å². The minimum absolute atomic E-state index is 0. The normalized spacial score (nSPS) is 11.6. The first-order valence-corrected chi connectivity index (χ1v) is 6.11. The molecule has 0 aliphatic carbocycles. The molecule has 0 saturated heterocycles. The van der Waals surface area contributed by atoms with Gasteiger partial charge in [0, 0.05) is 11.8 Å². The van der Waals surface area contributed by atoms with Crippen molar-refractivity contribution in [3.05, 3.63) is 35.9 Å². The van der Waals surface area contributed by atoms with Crippen molar-refractivity contribution in [1.82, 2.24) is 0 Å². The van der Waals surface area contributed by atoms with Crippen molar-refractivity contribution in [3.8, 4) is 0 Å². The predicted octanol–water partition coefficient (Wildman–Crippen LogP) is -2.16. The van der Waals surface area contributed by atoms with Crippen LogP contribution >= 0.6 is 0 Å². The van der Waals surface area contributed by atoms with Crippen molar-refractivity contribution >= 4 is 23.6 Å². The van der Waals surface area contributed by atoms with E-state index in [9.17, 15) is 9.59 Å². The second-order valence-corrected chi connectivity index (χ2v) is 4.10. The molecule has 4 N–H and O–H groups in total. The maximum absolute atomic E-state index is 11.4. The maximum atomic E-state index is 11.4. The van der Waals surface area contributed by atoms with Crippen LogP contribution in [-0.2, 0) is 14.3 Å². The van der Waals surface area contributed by atoms with Crippen LogP contribution < -0.4 is 23.5 Å². The molecule has 0 aliphatic heterocycles. The van der Waals surface area contributed by atoms with Crippen molar-refractivity contribution in [2.24, 2.45) is 0 Å². The number of carbonyl (C=O) groups is 2. The molecule has 0 saturated carbocycles. The van der Waals surface area contributed by atoms with Gasteiger partial charge in [0.05, 0.1) is 6.61 Å². The number of carbonyl (C=O) groups excluding carboxylic acids is 2. The lowest BCUT2D eigenvalue weighted by Gasteiger charge is -2.05. The number of nitrogens with one attached hydrogen (secondary N) is 1. The van der Waals surface area contributed by atoms with E-state index >= 15 is 0 Å². The summed E-state index contributed by atoms with van der Waals surface area (Å²) in [6.45, 7) is 3.84. The largest absolute Gasteiger partial charge is 1.00 e. The Morgan fingerprint density at radius 3 is 2.45 bits per heavy atom. The molecule has 0 aliphatic rings. The quantitative estimate of drug-likeness (QED) is 0.480. The number of anilines is 1. The van der Waals surface area contributed by atoms with Crippen molar-refractivity contribution < 1.29 is 32.5 Å². The third-order valence-corrected chi connectivity index (χ3v) is 2.32. The monoisotopic (exact) mass is 298 g/mol. The highest BCUT2D eigenvalue weighted by atomic mass is 35.5. The topological polar surface area (TPSA) is 83.0 Å². The molecule has 1 aromatic carbocycles. The summed E-state index contributed by atoms with van der Waals surface area (Å²) in [7, 11) is 0. The number of rotatable bonds is 5. The van der Waals surface area contributed by atoms with Crippen LogP contribution in [0.1, 0.15) is 19.4 Å². The van der Waals surface area contributed by atoms with Gasteiger partial charge in [-0.05, 0) is 37.6 Å². The molecule has 0 heterocycles. The molecule has 0 bridgehead atoms. The van der Waals surface area contributed by atoms with Gasteiger partial charge in [0.25, 0.3) is 5.91 Å². The first-order valence-electron chi connectivity index (χ1n) is 6.11. The SMILES string of the molecule is CCOC(=O)/C=C/c1ccc(NC(=O)[C@@H](C)[NH3+])cc1.[Cl-]. The van der Waals surface area contributed by atoms with Gasteiger partial charge in [-0.1, -0.05) is 12.1 Å². The van der Waals surface area contributed by atoms with Gasteiger partial charge in [-0.2, -0.15) is 0 Å². The van der Waals surface area contributed by atoms with E-state index in [1.54, 1.807) is 44.2 Å². The van der Waals surface area contributed by atoms with Gasteiger partial charge in [-0.25, -0.2) is 4.79 Å². The van der Waals surface area contributed by atoms with Crippen LogP contribution in [0, 0.1) is 0 Å². The van der Waals surface area contributed by atoms with E-state index < -0.39 is 0 Å². The van der Waals surface area contributed by atoms with Gasteiger partial charge in [0.15, 0.2) is 6.04 Å². The van der Waals surface area contributed by atoms with E-state index in [-0.39, 0.29) is 30.3 Å². The number of hydrogen-bond donors (Lipinski definition) is 2. The standard InChI is InChI=1S/C14H18N2O3.ClH/c1-3-19-13(17)9-6-11-4-7-12(8-5-11)16-14(18)10(2)15;/h4-10H,3,15H2,1-2H3,(H,16,18);1H/b9-6+;/t10-;/m1./s1. The zero-order valence-electron chi connectivity index (χ0n) is 11.6. The number of esters is 1. The molecule has 0 unspecified atom stereocenters. The Kier molecular flexibility index (Phi) is 8.27. The Labute approximate surface area is 124 Å². The summed E-state index contributed by atoms with van der Waals surface area (Å²) < 4.78 is 4.78. The number of halogens is 1. The van der Waals surface area contributed by atoms with Crippen LogP contribution in [0.2, 0.25) is 0 Å². The molecule has 0 aromatic heterocycles. The molecule has 5 nitrogen and oxygen atoms in total. The molecular weight excluding hydrogens is 280 g/mol. The lowest BCUT2D eigenvalue weighted by atomic mass is 10.2. The first-order chi connectivity index (χ1) is 9.02. The molecule has 0 spiro atoms. The molecule has 1 rings (SSSR count). The van der Waals surface area contributed by atoms with Gasteiger partial charge in [-0.3, -0.25) is 4.79 Å². The van der Waals surface area contributed by atoms with Crippen LogP contribution in [0.25, 0.3) is 6.08 Å². The molecule has 0 radical (unpaired) electrons. The fraction of sp³-hybridized carbons (Fsp3) is 0.286. The zero-order valence-corrected chi connectivity index (χ0v) is 12.3. The fourth-order valence-corrected chi connectivity index (χ4v) is 1.30. The molecular formula is C14H19ClN2O3. The van der Waals surface area contributed by atoms with E-state index in [1.807, 2.05) is 0 Å².